The van der Waals surface area contributed by atoms with Gasteiger partial charge in [0.1, 0.15) is 5.73 Å². The number of ether oxygens (including phenoxy) is 1. The molecular formula is C7H18N2O4Si. The van der Waals surface area contributed by atoms with Crippen LogP contribution in [0.2, 0.25) is 0 Å². The molecule has 84 valence electrons. The van der Waals surface area contributed by atoms with E-state index in [2.05, 4.69) is 5.32 Å². The normalized spacial score (nSPS) is 12.9. The Balaban J connectivity index is 4.04. The molecule has 0 heterocycles. The molecule has 1 atom stereocenters. The van der Waals surface area contributed by atoms with Crippen LogP contribution in [-0.4, -0.2) is 48.4 Å². The van der Waals surface area contributed by atoms with Crippen LogP contribution in [0.1, 0.15) is 6.92 Å². The Hall–Kier alpha value is -0.633. The van der Waals surface area contributed by atoms with Gasteiger partial charge in [0.25, 0.3) is 0 Å². The number of amides is 2. The molecule has 3 N–H and O–H groups in total. The van der Waals surface area contributed by atoms with Crippen molar-refractivity contribution in [3.63, 3.8) is 0 Å². The predicted molar refractivity (Wildman–Crippen MR) is 54.2 cm³/mol. The molecule has 7 heteroatoms. The number of rotatable bonds is 7. The fourth-order valence-corrected chi connectivity index (χ4v) is 2.51. The van der Waals surface area contributed by atoms with Crippen LogP contribution in [-0.2, 0) is 13.6 Å². The zero-order chi connectivity index (χ0) is 11.0. The Bertz CT molecular complexity index is 166. The van der Waals surface area contributed by atoms with Gasteiger partial charge in [-0.25, -0.2) is 4.79 Å². The Morgan fingerprint density at radius 1 is 1.50 bits per heavy atom. The van der Waals surface area contributed by atoms with E-state index in [0.29, 0.717) is 13.2 Å². The molecule has 0 bridgehead atoms. The number of carbonyl (C=O) groups is 1. The van der Waals surface area contributed by atoms with E-state index in [1.54, 1.807) is 14.2 Å². The summed E-state index contributed by atoms with van der Waals surface area (Å²) in [5.41, 5.74) is 4.73. The molecule has 14 heavy (non-hydrogen) atoms. The average molecular weight is 222 g/mol. The summed E-state index contributed by atoms with van der Waals surface area (Å²) in [5, 5.41) is 2.47. The lowest BCUT2D eigenvalue weighted by atomic mass is 10.6. The Kier molecular flexibility index (Phi) is 7.39. The van der Waals surface area contributed by atoms with Crippen molar-refractivity contribution in [2.24, 2.45) is 5.73 Å². The van der Waals surface area contributed by atoms with Gasteiger partial charge in [0.05, 0.1) is 0 Å². The second kappa shape index (κ2) is 7.74. The molecule has 0 saturated heterocycles. The molecule has 1 unspecified atom stereocenters. The molecule has 0 aromatic rings. The highest BCUT2D eigenvalue weighted by Gasteiger charge is 2.25. The number of hydrogen-bond acceptors (Lipinski definition) is 4. The lowest BCUT2D eigenvalue weighted by Gasteiger charge is -2.22. The van der Waals surface area contributed by atoms with Crippen molar-refractivity contribution in [3.8, 4) is 0 Å². The molecule has 0 aliphatic heterocycles. The van der Waals surface area contributed by atoms with Gasteiger partial charge in [-0.3, -0.25) is 0 Å². The SMILES string of the molecule is CCOC(CNC(N)=O)[SiH](OC)OC. The van der Waals surface area contributed by atoms with Crippen LogP contribution < -0.4 is 11.1 Å². The van der Waals surface area contributed by atoms with Crippen LogP contribution in [0.25, 0.3) is 0 Å². The van der Waals surface area contributed by atoms with Gasteiger partial charge in [-0.05, 0) is 6.92 Å². The molecule has 2 amide bonds. The molecule has 0 fully saturated rings. The van der Waals surface area contributed by atoms with E-state index in [9.17, 15) is 4.79 Å². The zero-order valence-corrected chi connectivity index (χ0v) is 9.93. The van der Waals surface area contributed by atoms with E-state index in [1.807, 2.05) is 6.92 Å². The molecule has 0 spiro atoms. The standard InChI is InChI=1S/C7H18N2O4Si/c1-4-13-6(5-9-7(8)10)14(11-2)12-3/h6,14H,4-5H2,1-3H3,(H3,8,9,10). The first-order valence-electron chi connectivity index (χ1n) is 4.36. The van der Waals surface area contributed by atoms with Gasteiger partial charge < -0.3 is 24.6 Å². The summed E-state index contributed by atoms with van der Waals surface area (Å²) in [4.78, 5) is 10.5. The fourth-order valence-electron chi connectivity index (χ4n) is 1.05. The third-order valence-corrected chi connectivity index (χ3v) is 3.59. The molecule has 0 saturated carbocycles. The van der Waals surface area contributed by atoms with E-state index < -0.39 is 15.3 Å². The summed E-state index contributed by atoms with van der Waals surface area (Å²) in [6.07, 6.45) is 0. The summed E-state index contributed by atoms with van der Waals surface area (Å²) in [6.45, 7) is 2.73. The molecule has 0 aliphatic carbocycles. The summed E-state index contributed by atoms with van der Waals surface area (Å²) >= 11 is 0. The lowest BCUT2D eigenvalue weighted by Crippen LogP contribution is -2.47. The average Bonchev–Trinajstić information content (AvgIpc) is 2.15. The number of nitrogens with two attached hydrogens (primary N) is 1. The van der Waals surface area contributed by atoms with Crippen molar-refractivity contribution in [2.45, 2.75) is 12.7 Å². The van der Waals surface area contributed by atoms with Gasteiger partial charge in [0, 0.05) is 27.4 Å². The van der Waals surface area contributed by atoms with Crippen molar-refractivity contribution in [3.05, 3.63) is 0 Å². The van der Waals surface area contributed by atoms with Gasteiger partial charge in [-0.2, -0.15) is 0 Å². The quantitative estimate of drug-likeness (QED) is 0.548. The van der Waals surface area contributed by atoms with E-state index in [4.69, 9.17) is 19.3 Å². The van der Waals surface area contributed by atoms with Crippen molar-refractivity contribution in [2.75, 3.05) is 27.4 Å². The highest BCUT2D eigenvalue weighted by atomic mass is 28.3. The largest absolute Gasteiger partial charge is 0.398 e. The number of urea groups is 1. The molecule has 0 radical (unpaired) electrons. The molecule has 0 aromatic heterocycles. The molecule has 0 rings (SSSR count). The summed E-state index contributed by atoms with van der Waals surface area (Å²) in [5.74, 6) is 0. The third kappa shape index (κ3) is 5.17. The van der Waals surface area contributed by atoms with Gasteiger partial charge >= 0.3 is 15.3 Å². The lowest BCUT2D eigenvalue weighted by molar-refractivity contribution is 0.0803. The molecular weight excluding hydrogens is 204 g/mol. The monoisotopic (exact) mass is 222 g/mol. The summed E-state index contributed by atoms with van der Waals surface area (Å²) in [6, 6.07) is -0.574. The minimum atomic E-state index is -1.88. The van der Waals surface area contributed by atoms with E-state index in [1.165, 1.54) is 0 Å². The Morgan fingerprint density at radius 3 is 2.43 bits per heavy atom. The van der Waals surface area contributed by atoms with E-state index >= 15 is 0 Å². The first-order valence-corrected chi connectivity index (χ1v) is 5.97. The van der Waals surface area contributed by atoms with Crippen molar-refractivity contribution in [1.29, 1.82) is 0 Å². The van der Waals surface area contributed by atoms with E-state index in [-0.39, 0.29) is 5.73 Å². The van der Waals surface area contributed by atoms with Crippen molar-refractivity contribution >= 4 is 15.3 Å². The number of primary amides is 1. The zero-order valence-electron chi connectivity index (χ0n) is 8.78. The second-order valence-corrected chi connectivity index (χ2v) is 5.00. The number of hydrogen-bond donors (Lipinski definition) is 2. The van der Waals surface area contributed by atoms with Crippen LogP contribution >= 0.6 is 0 Å². The third-order valence-electron chi connectivity index (χ3n) is 1.63. The van der Waals surface area contributed by atoms with Gasteiger partial charge in [-0.15, -0.1) is 0 Å². The molecule has 6 nitrogen and oxygen atoms in total. The first-order chi connectivity index (χ1) is 6.65. The predicted octanol–water partition coefficient (Wildman–Crippen LogP) is -0.888. The smallest absolute Gasteiger partial charge is 0.352 e. The second-order valence-electron chi connectivity index (χ2n) is 2.58. The maximum atomic E-state index is 10.5. The van der Waals surface area contributed by atoms with E-state index in [0.717, 1.165) is 0 Å². The highest BCUT2D eigenvalue weighted by molar-refractivity contribution is 6.46. The first kappa shape index (κ1) is 13.4. The van der Waals surface area contributed by atoms with Crippen LogP contribution in [0.4, 0.5) is 4.79 Å². The molecule has 0 aromatic carbocycles. The summed E-state index contributed by atoms with van der Waals surface area (Å²) in [7, 11) is 1.26. The Morgan fingerprint density at radius 2 is 2.07 bits per heavy atom. The summed E-state index contributed by atoms with van der Waals surface area (Å²) < 4.78 is 15.7. The maximum absolute atomic E-state index is 10.5. The van der Waals surface area contributed by atoms with Gasteiger partial charge in [-0.1, -0.05) is 0 Å². The topological polar surface area (TPSA) is 82.8 Å². The van der Waals surface area contributed by atoms with Gasteiger partial charge in [0.15, 0.2) is 0 Å². The van der Waals surface area contributed by atoms with Crippen LogP contribution in [0, 0.1) is 0 Å². The van der Waals surface area contributed by atoms with Crippen LogP contribution in [0.5, 0.6) is 0 Å². The van der Waals surface area contributed by atoms with Crippen molar-refractivity contribution < 1.29 is 18.4 Å². The minimum Gasteiger partial charge on any atom is -0.398 e. The van der Waals surface area contributed by atoms with Crippen molar-refractivity contribution in [1.82, 2.24) is 5.32 Å². The fraction of sp³-hybridized carbons (Fsp3) is 0.857. The highest BCUT2D eigenvalue weighted by Crippen LogP contribution is 1.99. The number of nitrogens with one attached hydrogen (secondary N) is 1. The minimum absolute atomic E-state index is 0.220. The van der Waals surface area contributed by atoms with Crippen LogP contribution in [0.3, 0.4) is 0 Å². The van der Waals surface area contributed by atoms with Gasteiger partial charge in [0.2, 0.25) is 0 Å². The maximum Gasteiger partial charge on any atom is 0.352 e. The Labute approximate surface area is 85.5 Å². The number of carbonyl (C=O) groups excluding carboxylic acids is 1. The van der Waals surface area contributed by atoms with Crippen LogP contribution in [0.15, 0.2) is 0 Å². The molecule has 0 aliphatic rings.